The first-order chi connectivity index (χ1) is 14.8. The molecule has 1 aromatic carbocycles. The van der Waals surface area contributed by atoms with Crippen molar-refractivity contribution in [2.45, 2.75) is 40.3 Å². The summed E-state index contributed by atoms with van der Waals surface area (Å²) in [5, 5.41) is 6.21. The Labute approximate surface area is 179 Å². The van der Waals surface area contributed by atoms with E-state index in [1.165, 1.54) is 19.2 Å². The third kappa shape index (κ3) is 5.97. The number of amides is 1. The van der Waals surface area contributed by atoms with Crippen LogP contribution < -0.4 is 14.8 Å². The molecule has 0 atom stereocenters. The van der Waals surface area contributed by atoms with Gasteiger partial charge in [-0.3, -0.25) is 4.79 Å². The molecule has 31 heavy (non-hydrogen) atoms. The first-order valence-electron chi connectivity index (χ1n) is 9.69. The van der Waals surface area contributed by atoms with E-state index in [4.69, 9.17) is 23.5 Å². The van der Waals surface area contributed by atoms with Gasteiger partial charge in [0.15, 0.2) is 11.5 Å². The van der Waals surface area contributed by atoms with Crippen LogP contribution >= 0.6 is 0 Å². The fourth-order valence-electron chi connectivity index (χ4n) is 2.67. The molecule has 0 spiro atoms. The fourth-order valence-corrected chi connectivity index (χ4v) is 2.67. The zero-order chi connectivity index (χ0) is 23.0. The molecule has 0 aliphatic rings. The Hall–Kier alpha value is -3.56. The van der Waals surface area contributed by atoms with Crippen molar-refractivity contribution >= 4 is 17.8 Å². The second-order valence-corrected chi connectivity index (χ2v) is 6.37. The van der Waals surface area contributed by atoms with Crippen LogP contribution in [0.5, 0.6) is 11.5 Å². The summed E-state index contributed by atoms with van der Waals surface area (Å²) >= 11 is 0. The van der Waals surface area contributed by atoms with Gasteiger partial charge in [0.25, 0.3) is 5.91 Å². The number of carbonyl (C=O) groups is 3. The van der Waals surface area contributed by atoms with E-state index in [0.29, 0.717) is 17.3 Å². The van der Waals surface area contributed by atoms with Crippen LogP contribution in [0.1, 0.15) is 41.2 Å². The third-order valence-corrected chi connectivity index (χ3v) is 4.30. The molecule has 0 bridgehead atoms. The van der Waals surface area contributed by atoms with Gasteiger partial charge in [-0.15, -0.1) is 0 Å². The summed E-state index contributed by atoms with van der Waals surface area (Å²) in [5.41, 5.74) is 1.69. The number of hydrogen-bond donors (Lipinski definition) is 1. The largest absolute Gasteiger partial charge is 0.493 e. The predicted molar refractivity (Wildman–Crippen MR) is 108 cm³/mol. The van der Waals surface area contributed by atoms with Crippen LogP contribution in [-0.4, -0.2) is 49.4 Å². The molecule has 1 heterocycles. The number of benzene rings is 1. The molecule has 0 saturated carbocycles. The summed E-state index contributed by atoms with van der Waals surface area (Å²) in [6, 6.07) is 2.89. The number of rotatable bonds is 10. The van der Waals surface area contributed by atoms with Gasteiger partial charge in [0, 0.05) is 5.56 Å². The van der Waals surface area contributed by atoms with Crippen LogP contribution in [-0.2, 0) is 25.7 Å². The number of aromatic nitrogens is 1. The Morgan fingerprint density at radius 1 is 1.06 bits per heavy atom. The maximum Gasteiger partial charge on any atom is 0.340 e. The number of nitrogens with one attached hydrogen (secondary N) is 1. The SMILES string of the molecule is CCOC(=O)C(NC(=O)c1ccc(OCc2c(C)noc2C)c(OC)c1)C(=O)OCC. The fraction of sp³-hybridized carbons (Fsp3) is 0.429. The monoisotopic (exact) mass is 434 g/mol. The second-order valence-electron chi connectivity index (χ2n) is 6.37. The molecule has 0 saturated heterocycles. The maximum atomic E-state index is 12.6. The molecular weight excluding hydrogens is 408 g/mol. The van der Waals surface area contributed by atoms with Crippen molar-refractivity contribution in [3.63, 3.8) is 0 Å². The van der Waals surface area contributed by atoms with E-state index in [1.807, 2.05) is 6.92 Å². The molecule has 1 N–H and O–H groups in total. The van der Waals surface area contributed by atoms with Gasteiger partial charge < -0.3 is 28.8 Å². The lowest BCUT2D eigenvalue weighted by Crippen LogP contribution is -2.48. The van der Waals surface area contributed by atoms with E-state index in [2.05, 4.69) is 10.5 Å². The van der Waals surface area contributed by atoms with Crippen molar-refractivity contribution in [2.75, 3.05) is 20.3 Å². The van der Waals surface area contributed by atoms with Gasteiger partial charge in [-0.2, -0.15) is 0 Å². The van der Waals surface area contributed by atoms with Gasteiger partial charge >= 0.3 is 11.9 Å². The van der Waals surface area contributed by atoms with Crippen molar-refractivity contribution in [2.24, 2.45) is 0 Å². The van der Waals surface area contributed by atoms with E-state index in [0.717, 1.165) is 11.3 Å². The van der Waals surface area contributed by atoms with Gasteiger partial charge in [0.05, 0.1) is 31.6 Å². The summed E-state index contributed by atoms with van der Waals surface area (Å²) in [4.78, 5) is 36.8. The van der Waals surface area contributed by atoms with Crippen LogP contribution in [0, 0.1) is 13.8 Å². The zero-order valence-electron chi connectivity index (χ0n) is 18.1. The average molecular weight is 434 g/mol. The summed E-state index contributed by atoms with van der Waals surface area (Å²) in [6.45, 7) is 7.08. The molecule has 0 aliphatic heterocycles. The predicted octanol–water partition coefficient (Wildman–Crippen LogP) is 2.10. The van der Waals surface area contributed by atoms with Crippen LogP contribution in [0.25, 0.3) is 0 Å². The van der Waals surface area contributed by atoms with Gasteiger partial charge in [0.1, 0.15) is 12.4 Å². The number of hydrogen-bond acceptors (Lipinski definition) is 9. The summed E-state index contributed by atoms with van der Waals surface area (Å²) < 4.78 is 25.9. The smallest absolute Gasteiger partial charge is 0.340 e. The lowest BCUT2D eigenvalue weighted by molar-refractivity contribution is -0.157. The van der Waals surface area contributed by atoms with E-state index < -0.39 is 23.9 Å². The van der Waals surface area contributed by atoms with Crippen molar-refractivity contribution < 1.29 is 37.9 Å². The highest BCUT2D eigenvalue weighted by Gasteiger charge is 2.31. The number of nitrogens with zero attached hydrogens (tertiary/aromatic N) is 1. The summed E-state index contributed by atoms with van der Waals surface area (Å²) in [7, 11) is 1.43. The van der Waals surface area contributed by atoms with Crippen LogP contribution in [0.3, 0.4) is 0 Å². The second kappa shape index (κ2) is 11.0. The van der Waals surface area contributed by atoms with Crippen molar-refractivity contribution in [3.8, 4) is 11.5 Å². The van der Waals surface area contributed by atoms with E-state index >= 15 is 0 Å². The number of ether oxygens (including phenoxy) is 4. The van der Waals surface area contributed by atoms with E-state index in [1.54, 1.807) is 26.8 Å². The van der Waals surface area contributed by atoms with E-state index in [9.17, 15) is 14.4 Å². The molecule has 168 valence electrons. The molecule has 0 radical (unpaired) electrons. The Morgan fingerprint density at radius 3 is 2.23 bits per heavy atom. The van der Waals surface area contributed by atoms with Gasteiger partial charge in [-0.1, -0.05) is 5.16 Å². The minimum atomic E-state index is -1.58. The summed E-state index contributed by atoms with van der Waals surface area (Å²) in [6.07, 6.45) is 0. The standard InChI is InChI=1S/C21H26N2O8/c1-6-28-20(25)18(21(26)29-7-2)22-19(24)14-8-9-16(17(10-14)27-5)30-11-15-12(3)23-31-13(15)4/h8-10,18H,6-7,11H2,1-5H3,(H,22,24). The topological polar surface area (TPSA) is 126 Å². The number of aryl methyl sites for hydroxylation is 2. The van der Waals surface area contributed by atoms with Crippen LogP contribution in [0.2, 0.25) is 0 Å². The molecule has 1 aromatic heterocycles. The van der Waals surface area contributed by atoms with Crippen molar-refractivity contribution in [3.05, 3.63) is 40.8 Å². The lowest BCUT2D eigenvalue weighted by Gasteiger charge is -2.16. The Balaban J connectivity index is 2.16. The molecule has 1 amide bonds. The minimum Gasteiger partial charge on any atom is -0.493 e. The van der Waals surface area contributed by atoms with Crippen molar-refractivity contribution in [1.82, 2.24) is 10.5 Å². The van der Waals surface area contributed by atoms with Crippen molar-refractivity contribution in [1.29, 1.82) is 0 Å². The normalized spacial score (nSPS) is 10.5. The highest BCUT2D eigenvalue weighted by molar-refractivity contribution is 6.05. The third-order valence-electron chi connectivity index (χ3n) is 4.30. The Bertz CT molecular complexity index is 900. The Kier molecular flexibility index (Phi) is 8.42. The molecule has 0 aliphatic carbocycles. The average Bonchev–Trinajstić information content (AvgIpc) is 3.07. The highest BCUT2D eigenvalue weighted by atomic mass is 16.6. The molecule has 2 rings (SSSR count). The molecule has 10 nitrogen and oxygen atoms in total. The number of carbonyl (C=O) groups excluding carboxylic acids is 3. The van der Waals surface area contributed by atoms with Gasteiger partial charge in [0.2, 0.25) is 6.04 Å². The summed E-state index contributed by atoms with van der Waals surface area (Å²) in [5.74, 6) is -1.14. The molecular formula is C21H26N2O8. The molecule has 0 unspecified atom stereocenters. The zero-order valence-corrected chi connectivity index (χ0v) is 18.1. The minimum absolute atomic E-state index is 0.0512. The van der Waals surface area contributed by atoms with Crippen LogP contribution in [0.4, 0.5) is 0 Å². The highest BCUT2D eigenvalue weighted by Crippen LogP contribution is 2.29. The maximum absolute atomic E-state index is 12.6. The number of esters is 2. The first-order valence-corrected chi connectivity index (χ1v) is 9.69. The van der Waals surface area contributed by atoms with Gasteiger partial charge in [-0.25, -0.2) is 9.59 Å². The first kappa shape index (κ1) is 23.7. The molecule has 0 fully saturated rings. The number of methoxy groups -OCH3 is 1. The quantitative estimate of drug-likeness (QED) is 0.442. The van der Waals surface area contributed by atoms with E-state index in [-0.39, 0.29) is 25.4 Å². The van der Waals surface area contributed by atoms with Crippen LogP contribution in [0.15, 0.2) is 22.7 Å². The lowest BCUT2D eigenvalue weighted by atomic mass is 10.1. The Morgan fingerprint density at radius 2 is 1.71 bits per heavy atom. The molecule has 10 heteroatoms. The van der Waals surface area contributed by atoms with Gasteiger partial charge in [-0.05, 0) is 45.9 Å². The molecule has 2 aromatic rings.